The van der Waals surface area contributed by atoms with Crippen LogP contribution in [0.5, 0.6) is 0 Å². The first-order valence-electron chi connectivity index (χ1n) is 8.55. The second-order valence-corrected chi connectivity index (χ2v) is 6.65. The largest absolute Gasteiger partial charge is 0.401 e. The van der Waals surface area contributed by atoms with Gasteiger partial charge in [-0.1, -0.05) is 0 Å². The second-order valence-electron chi connectivity index (χ2n) is 6.65. The summed E-state index contributed by atoms with van der Waals surface area (Å²) in [6.45, 7) is 5.51. The van der Waals surface area contributed by atoms with Gasteiger partial charge in [0.2, 0.25) is 0 Å². The van der Waals surface area contributed by atoms with Crippen molar-refractivity contribution in [1.29, 1.82) is 0 Å². The monoisotopic (exact) mass is 361 g/mol. The zero-order valence-electron chi connectivity index (χ0n) is 14.7. The highest BCUT2D eigenvalue weighted by Crippen LogP contribution is 2.22. The van der Waals surface area contributed by atoms with E-state index in [1.807, 2.05) is 24.6 Å². The van der Waals surface area contributed by atoms with Gasteiger partial charge in [0.05, 0.1) is 12.2 Å². The predicted molar refractivity (Wildman–Crippen MR) is 88.3 cm³/mol. The Morgan fingerprint density at radius 3 is 2.76 bits per heavy atom. The van der Waals surface area contributed by atoms with Gasteiger partial charge in [0.1, 0.15) is 0 Å². The van der Waals surface area contributed by atoms with E-state index in [0.717, 1.165) is 24.4 Å². The molecule has 2 heterocycles. The van der Waals surface area contributed by atoms with Gasteiger partial charge in [-0.25, -0.2) is 4.79 Å². The van der Waals surface area contributed by atoms with Crippen LogP contribution in [0.25, 0.3) is 0 Å². The maximum atomic E-state index is 12.3. The van der Waals surface area contributed by atoms with Crippen LogP contribution in [0.15, 0.2) is 6.07 Å². The van der Waals surface area contributed by atoms with Crippen molar-refractivity contribution in [2.45, 2.75) is 39.4 Å². The fourth-order valence-corrected chi connectivity index (χ4v) is 3.11. The molecule has 2 N–H and O–H groups in total. The van der Waals surface area contributed by atoms with Gasteiger partial charge in [-0.15, -0.1) is 0 Å². The third-order valence-electron chi connectivity index (χ3n) is 4.26. The Labute approximate surface area is 145 Å². The van der Waals surface area contributed by atoms with Gasteiger partial charge in [-0.05, 0) is 45.2 Å². The van der Waals surface area contributed by atoms with E-state index in [9.17, 15) is 18.0 Å². The Bertz CT molecular complexity index is 573. The van der Waals surface area contributed by atoms with E-state index in [-0.39, 0.29) is 11.9 Å². The first-order valence-corrected chi connectivity index (χ1v) is 8.55. The van der Waals surface area contributed by atoms with Gasteiger partial charge in [-0.2, -0.15) is 18.3 Å². The number of amides is 2. The van der Waals surface area contributed by atoms with Crippen molar-refractivity contribution in [2.75, 3.05) is 32.7 Å². The molecule has 1 unspecified atom stereocenters. The molecule has 6 nitrogen and oxygen atoms in total. The number of hydrogen-bond acceptors (Lipinski definition) is 3. The van der Waals surface area contributed by atoms with E-state index in [1.165, 1.54) is 4.90 Å². The van der Waals surface area contributed by atoms with Crippen LogP contribution in [-0.4, -0.2) is 59.6 Å². The van der Waals surface area contributed by atoms with Crippen molar-refractivity contribution >= 4 is 6.03 Å². The number of aryl methyl sites for hydroxylation is 3. The number of carbonyl (C=O) groups excluding carboxylic acids is 1. The summed E-state index contributed by atoms with van der Waals surface area (Å²) in [6.07, 6.45) is -2.72. The van der Waals surface area contributed by atoms with Crippen LogP contribution in [0.1, 0.15) is 24.2 Å². The van der Waals surface area contributed by atoms with Gasteiger partial charge in [0, 0.05) is 31.9 Å². The maximum Gasteiger partial charge on any atom is 0.401 e. The summed E-state index contributed by atoms with van der Waals surface area (Å²) < 4.78 is 38.9. The van der Waals surface area contributed by atoms with E-state index in [1.54, 1.807) is 0 Å². The number of alkyl halides is 3. The Balaban J connectivity index is 1.56. The fourth-order valence-electron chi connectivity index (χ4n) is 3.11. The predicted octanol–water partition coefficient (Wildman–Crippen LogP) is 2.07. The molecule has 0 aromatic carbocycles. The molecule has 0 radical (unpaired) electrons. The number of urea groups is 1. The Kier molecular flexibility index (Phi) is 6.69. The van der Waals surface area contributed by atoms with E-state index in [4.69, 9.17) is 0 Å². The molecule has 1 saturated heterocycles. The van der Waals surface area contributed by atoms with Crippen LogP contribution in [0.3, 0.4) is 0 Å². The highest BCUT2D eigenvalue weighted by atomic mass is 19.4. The van der Waals surface area contributed by atoms with Crippen molar-refractivity contribution < 1.29 is 18.0 Å². The molecule has 2 rings (SSSR count). The Hall–Kier alpha value is -1.77. The number of nitrogens with zero attached hydrogens (tertiary/aromatic N) is 3. The van der Waals surface area contributed by atoms with Crippen molar-refractivity contribution in [3.05, 3.63) is 17.5 Å². The number of aromatic nitrogens is 2. The zero-order valence-corrected chi connectivity index (χ0v) is 14.7. The standard InChI is InChI=1S/C16H26F3N5O/c1-12-8-13(2)24(22-12)6-3-5-20-15(25)21-9-14-4-7-23(10-14)11-16(17,18)19/h8,14H,3-7,9-11H2,1-2H3,(H2,20,21,25). The molecule has 2 amide bonds. The molecule has 0 aliphatic carbocycles. The van der Waals surface area contributed by atoms with Crippen molar-refractivity contribution in [3.63, 3.8) is 0 Å². The minimum atomic E-state index is -4.16. The van der Waals surface area contributed by atoms with E-state index in [0.29, 0.717) is 32.6 Å². The van der Waals surface area contributed by atoms with Gasteiger partial charge in [0.15, 0.2) is 0 Å². The lowest BCUT2D eigenvalue weighted by atomic mass is 10.1. The lowest BCUT2D eigenvalue weighted by Gasteiger charge is -2.18. The maximum absolute atomic E-state index is 12.3. The molecule has 25 heavy (non-hydrogen) atoms. The molecule has 1 aromatic heterocycles. The smallest absolute Gasteiger partial charge is 0.338 e. The molecule has 142 valence electrons. The number of likely N-dealkylation sites (tertiary alicyclic amines) is 1. The average Bonchev–Trinajstić information content (AvgIpc) is 3.06. The Morgan fingerprint density at radius 1 is 1.36 bits per heavy atom. The van der Waals surface area contributed by atoms with Crippen LogP contribution < -0.4 is 10.6 Å². The highest BCUT2D eigenvalue weighted by Gasteiger charge is 2.34. The normalized spacial score (nSPS) is 18.5. The SMILES string of the molecule is Cc1cc(C)n(CCCNC(=O)NCC2CCN(CC(F)(F)F)C2)n1. The number of rotatable bonds is 7. The van der Waals surface area contributed by atoms with Gasteiger partial charge in [0.25, 0.3) is 0 Å². The fraction of sp³-hybridized carbons (Fsp3) is 0.750. The first-order chi connectivity index (χ1) is 11.7. The summed E-state index contributed by atoms with van der Waals surface area (Å²) in [7, 11) is 0. The molecule has 1 aromatic rings. The molecule has 0 saturated carbocycles. The van der Waals surface area contributed by atoms with Crippen LogP contribution >= 0.6 is 0 Å². The third kappa shape index (κ3) is 6.93. The van der Waals surface area contributed by atoms with Gasteiger partial charge < -0.3 is 10.6 Å². The molecule has 9 heteroatoms. The minimum absolute atomic E-state index is 0.0720. The number of hydrogen-bond donors (Lipinski definition) is 2. The van der Waals surface area contributed by atoms with Crippen molar-refractivity contribution in [3.8, 4) is 0 Å². The second kappa shape index (κ2) is 8.55. The quantitative estimate of drug-likeness (QED) is 0.731. The minimum Gasteiger partial charge on any atom is -0.338 e. The number of nitrogens with one attached hydrogen (secondary N) is 2. The van der Waals surface area contributed by atoms with Gasteiger partial charge >= 0.3 is 12.2 Å². The summed E-state index contributed by atoms with van der Waals surface area (Å²) in [5.74, 6) is 0.0720. The van der Waals surface area contributed by atoms with Crippen LogP contribution in [0, 0.1) is 19.8 Å². The molecular formula is C16H26F3N5O. The van der Waals surface area contributed by atoms with Gasteiger partial charge in [-0.3, -0.25) is 9.58 Å². The van der Waals surface area contributed by atoms with Crippen LogP contribution in [0.2, 0.25) is 0 Å². The molecule has 1 atom stereocenters. The summed E-state index contributed by atoms with van der Waals surface area (Å²) in [4.78, 5) is 13.1. The van der Waals surface area contributed by atoms with E-state index >= 15 is 0 Å². The number of halogens is 3. The molecule has 0 spiro atoms. The molecule has 1 aliphatic rings. The molecule has 1 aliphatic heterocycles. The lowest BCUT2D eigenvalue weighted by molar-refractivity contribution is -0.143. The Morgan fingerprint density at radius 2 is 2.12 bits per heavy atom. The first kappa shape index (κ1) is 19.6. The summed E-state index contributed by atoms with van der Waals surface area (Å²) >= 11 is 0. The summed E-state index contributed by atoms with van der Waals surface area (Å²) in [5, 5.41) is 9.86. The topological polar surface area (TPSA) is 62.2 Å². The van der Waals surface area contributed by atoms with Crippen molar-refractivity contribution in [1.82, 2.24) is 25.3 Å². The van der Waals surface area contributed by atoms with Crippen LogP contribution in [-0.2, 0) is 6.54 Å². The highest BCUT2D eigenvalue weighted by molar-refractivity contribution is 5.73. The van der Waals surface area contributed by atoms with Crippen molar-refractivity contribution in [2.24, 2.45) is 5.92 Å². The van der Waals surface area contributed by atoms with E-state index in [2.05, 4.69) is 15.7 Å². The molecule has 0 bridgehead atoms. The average molecular weight is 361 g/mol. The zero-order chi connectivity index (χ0) is 18.4. The van der Waals surface area contributed by atoms with E-state index < -0.39 is 12.7 Å². The van der Waals surface area contributed by atoms with Crippen LogP contribution in [0.4, 0.5) is 18.0 Å². The molecular weight excluding hydrogens is 335 g/mol. The lowest BCUT2D eigenvalue weighted by Crippen LogP contribution is -2.40. The third-order valence-corrected chi connectivity index (χ3v) is 4.26. The summed E-state index contributed by atoms with van der Waals surface area (Å²) in [6, 6.07) is 1.73. The number of carbonyl (C=O) groups is 1. The summed E-state index contributed by atoms with van der Waals surface area (Å²) in [5.41, 5.74) is 2.06. The molecule has 1 fully saturated rings.